The highest BCUT2D eigenvalue weighted by molar-refractivity contribution is 5.71. The van der Waals surface area contributed by atoms with E-state index < -0.39 is 12.1 Å². The van der Waals surface area contributed by atoms with E-state index in [2.05, 4.69) is 46.4 Å². The number of pyridine rings is 1. The van der Waals surface area contributed by atoms with Gasteiger partial charge in [0.25, 0.3) is 0 Å². The number of carboxylic acid groups (broad SMARTS) is 1. The molecular formula is C19H32N2O3. The minimum Gasteiger partial charge on any atom is -0.479 e. The minimum absolute atomic E-state index is 0.189. The molecule has 5 heteroatoms. The predicted octanol–water partition coefficient (Wildman–Crippen LogP) is 3.10. The largest absolute Gasteiger partial charge is 0.479 e. The molecule has 5 nitrogen and oxygen atoms in total. The number of aliphatic hydroxyl groups excluding tert-OH is 1. The van der Waals surface area contributed by atoms with E-state index in [0.717, 1.165) is 6.54 Å². The second-order valence-electron chi connectivity index (χ2n) is 6.88. The Morgan fingerprint density at radius 1 is 1.25 bits per heavy atom. The van der Waals surface area contributed by atoms with E-state index in [1.54, 1.807) is 0 Å². The van der Waals surface area contributed by atoms with Crippen molar-refractivity contribution in [1.29, 1.82) is 0 Å². The van der Waals surface area contributed by atoms with E-state index in [0.29, 0.717) is 0 Å². The summed E-state index contributed by atoms with van der Waals surface area (Å²) < 4.78 is 0. The van der Waals surface area contributed by atoms with Crippen molar-refractivity contribution in [3.8, 4) is 0 Å². The minimum atomic E-state index is -1.23. The Morgan fingerprint density at radius 2 is 1.79 bits per heavy atom. The smallest absolute Gasteiger partial charge is 0.332 e. The number of carboxylic acids is 1. The first-order chi connectivity index (χ1) is 11.1. The Morgan fingerprint density at radius 3 is 2.25 bits per heavy atom. The molecule has 1 aliphatic heterocycles. The van der Waals surface area contributed by atoms with Crippen molar-refractivity contribution in [2.45, 2.75) is 73.0 Å². The maximum Gasteiger partial charge on any atom is 0.332 e. The number of likely N-dealkylation sites (tertiary alicyclic amines) is 1. The molecule has 1 aromatic rings. The van der Waals surface area contributed by atoms with Crippen LogP contribution in [0.2, 0.25) is 0 Å². The van der Waals surface area contributed by atoms with Gasteiger partial charge in [-0.3, -0.25) is 9.88 Å². The number of aryl methyl sites for hydroxylation is 2. The third-order valence-electron chi connectivity index (χ3n) is 5.24. The summed E-state index contributed by atoms with van der Waals surface area (Å²) in [5.41, 5.74) is 6.87. The lowest BCUT2D eigenvalue weighted by molar-refractivity contribution is -0.145. The highest BCUT2D eigenvalue weighted by Gasteiger charge is 2.39. The van der Waals surface area contributed by atoms with Gasteiger partial charge in [-0.2, -0.15) is 0 Å². The number of aromatic nitrogens is 1. The molecule has 2 unspecified atom stereocenters. The average Bonchev–Trinajstić information content (AvgIpc) is 2.86. The summed E-state index contributed by atoms with van der Waals surface area (Å²) in [7, 11) is 0. The third kappa shape index (κ3) is 4.14. The molecule has 0 bridgehead atoms. The van der Waals surface area contributed by atoms with E-state index in [9.17, 15) is 4.79 Å². The zero-order valence-electron chi connectivity index (χ0n) is 16.1. The van der Waals surface area contributed by atoms with Gasteiger partial charge in [0, 0.05) is 16.9 Å². The maximum atomic E-state index is 9.45. The van der Waals surface area contributed by atoms with Crippen LogP contribution in [0.3, 0.4) is 0 Å². The summed E-state index contributed by atoms with van der Waals surface area (Å²) in [5, 5.41) is 15.8. The van der Waals surface area contributed by atoms with Crippen LogP contribution in [-0.2, 0) is 10.3 Å². The van der Waals surface area contributed by atoms with Gasteiger partial charge in [-0.15, -0.1) is 0 Å². The third-order valence-corrected chi connectivity index (χ3v) is 5.24. The molecule has 0 aliphatic carbocycles. The van der Waals surface area contributed by atoms with Crippen LogP contribution in [0.5, 0.6) is 0 Å². The molecule has 0 spiro atoms. The second kappa shape index (κ2) is 8.08. The molecule has 2 atom stereocenters. The van der Waals surface area contributed by atoms with Gasteiger partial charge in [-0.1, -0.05) is 6.92 Å². The summed E-state index contributed by atoms with van der Waals surface area (Å²) >= 11 is 0. The fourth-order valence-corrected chi connectivity index (χ4v) is 3.72. The standard InChI is InChI=1S/C16H26N2.C3H6O3/c1-7-18-10-8-9-16(18,6)15-12(3)11(2)13(4)17-14(15)5;1-2(4)3(5)6/h7-10H2,1-6H3;2,4H,1H3,(H,5,6). The van der Waals surface area contributed by atoms with Gasteiger partial charge in [0.1, 0.15) is 6.10 Å². The van der Waals surface area contributed by atoms with Crippen molar-refractivity contribution < 1.29 is 15.0 Å². The lowest BCUT2D eigenvalue weighted by atomic mass is 9.83. The van der Waals surface area contributed by atoms with Crippen LogP contribution in [0, 0.1) is 27.7 Å². The number of aliphatic hydroxyl groups is 1. The van der Waals surface area contributed by atoms with Crippen LogP contribution in [0.4, 0.5) is 0 Å². The molecule has 1 fully saturated rings. The first kappa shape index (κ1) is 20.6. The second-order valence-corrected chi connectivity index (χ2v) is 6.88. The number of aliphatic carboxylic acids is 1. The van der Waals surface area contributed by atoms with Gasteiger partial charge in [0.05, 0.1) is 0 Å². The van der Waals surface area contributed by atoms with Crippen molar-refractivity contribution in [3.63, 3.8) is 0 Å². The van der Waals surface area contributed by atoms with Crippen LogP contribution >= 0.6 is 0 Å². The van der Waals surface area contributed by atoms with Gasteiger partial charge < -0.3 is 10.2 Å². The summed E-state index contributed by atoms with van der Waals surface area (Å²) in [6.45, 7) is 17.0. The van der Waals surface area contributed by atoms with E-state index in [4.69, 9.17) is 15.2 Å². The van der Waals surface area contributed by atoms with Gasteiger partial charge in [0.15, 0.2) is 0 Å². The van der Waals surface area contributed by atoms with Crippen LogP contribution < -0.4 is 0 Å². The van der Waals surface area contributed by atoms with Crippen LogP contribution in [0.25, 0.3) is 0 Å². The normalized spacial score (nSPS) is 22.0. The average molecular weight is 336 g/mol. The van der Waals surface area contributed by atoms with E-state index >= 15 is 0 Å². The highest BCUT2D eigenvalue weighted by Crippen LogP contribution is 2.41. The molecule has 24 heavy (non-hydrogen) atoms. The Labute approximate surface area is 145 Å². The number of carbonyl (C=O) groups is 1. The van der Waals surface area contributed by atoms with Crippen molar-refractivity contribution in [2.75, 3.05) is 13.1 Å². The predicted molar refractivity (Wildman–Crippen MR) is 96.3 cm³/mol. The van der Waals surface area contributed by atoms with Gasteiger partial charge in [-0.25, -0.2) is 4.79 Å². The van der Waals surface area contributed by atoms with Gasteiger partial charge >= 0.3 is 5.97 Å². The van der Waals surface area contributed by atoms with Crippen molar-refractivity contribution in [2.24, 2.45) is 0 Å². The Bertz CT molecular complexity index is 599. The quantitative estimate of drug-likeness (QED) is 0.887. The zero-order valence-corrected chi connectivity index (χ0v) is 16.1. The lowest BCUT2D eigenvalue weighted by Crippen LogP contribution is -2.40. The number of hydrogen-bond acceptors (Lipinski definition) is 4. The first-order valence-electron chi connectivity index (χ1n) is 8.67. The topological polar surface area (TPSA) is 73.7 Å². The highest BCUT2D eigenvalue weighted by atomic mass is 16.4. The van der Waals surface area contributed by atoms with Crippen LogP contribution in [0.1, 0.15) is 61.7 Å². The van der Waals surface area contributed by atoms with Crippen molar-refractivity contribution in [1.82, 2.24) is 9.88 Å². The molecule has 1 aromatic heterocycles. The Hall–Kier alpha value is -1.46. The summed E-state index contributed by atoms with van der Waals surface area (Å²) in [4.78, 5) is 16.8. The molecule has 1 aliphatic rings. The molecular weight excluding hydrogens is 304 g/mol. The van der Waals surface area contributed by atoms with E-state index in [1.807, 2.05) is 0 Å². The lowest BCUT2D eigenvalue weighted by Gasteiger charge is -2.37. The molecule has 0 radical (unpaired) electrons. The SMILES string of the molecule is CC(O)C(=O)O.CCN1CCCC1(C)c1c(C)nc(C)c(C)c1C. The summed E-state index contributed by atoms with van der Waals surface area (Å²) in [6.07, 6.45) is 1.33. The molecule has 1 saturated heterocycles. The van der Waals surface area contributed by atoms with Crippen molar-refractivity contribution >= 4 is 5.97 Å². The van der Waals surface area contributed by atoms with Crippen molar-refractivity contribution in [3.05, 3.63) is 28.1 Å². The Balaban J connectivity index is 0.000000413. The fourth-order valence-electron chi connectivity index (χ4n) is 3.72. The monoisotopic (exact) mass is 336 g/mol. The molecule has 0 saturated carbocycles. The van der Waals surface area contributed by atoms with Gasteiger partial charge in [0.2, 0.25) is 0 Å². The molecule has 2 rings (SSSR count). The number of nitrogens with zero attached hydrogens (tertiary/aromatic N) is 2. The van der Waals surface area contributed by atoms with E-state index in [1.165, 1.54) is 54.4 Å². The van der Waals surface area contributed by atoms with Crippen LogP contribution in [-0.4, -0.2) is 45.3 Å². The molecule has 136 valence electrons. The maximum absolute atomic E-state index is 9.45. The van der Waals surface area contributed by atoms with Crippen LogP contribution in [0.15, 0.2) is 0 Å². The first-order valence-corrected chi connectivity index (χ1v) is 8.67. The zero-order chi connectivity index (χ0) is 18.7. The molecule has 2 N–H and O–H groups in total. The number of hydrogen-bond donors (Lipinski definition) is 2. The summed E-state index contributed by atoms with van der Waals surface area (Å²) in [6, 6.07) is 0. The molecule has 0 amide bonds. The molecule has 2 heterocycles. The fraction of sp³-hybridized carbons (Fsp3) is 0.684. The molecule has 0 aromatic carbocycles. The summed E-state index contributed by atoms with van der Waals surface area (Å²) in [5.74, 6) is -1.19. The van der Waals surface area contributed by atoms with E-state index in [-0.39, 0.29) is 5.54 Å². The Kier molecular flexibility index (Phi) is 6.93. The van der Waals surface area contributed by atoms with Gasteiger partial charge in [-0.05, 0) is 84.2 Å². The number of rotatable bonds is 3.